The number of hydrogen-bond acceptors (Lipinski definition) is 6. The minimum atomic E-state index is -0.285. The van der Waals surface area contributed by atoms with Gasteiger partial charge in [0, 0.05) is 12.0 Å². The summed E-state index contributed by atoms with van der Waals surface area (Å²) in [5.41, 5.74) is 3.27. The normalized spacial score (nSPS) is 50.2. The van der Waals surface area contributed by atoms with Crippen LogP contribution in [0.15, 0.2) is 0 Å². The maximum atomic E-state index is 10.5. The second-order valence-corrected chi connectivity index (χ2v) is 8.93. The first-order valence-electron chi connectivity index (χ1n) is 10.7. The molecule has 4 aliphatic rings. The zero-order chi connectivity index (χ0) is 18.1. The smallest absolute Gasteiger partial charge is 0.121 e. The van der Waals surface area contributed by atoms with E-state index in [1.165, 1.54) is 0 Å². The van der Waals surface area contributed by atoms with Gasteiger partial charge in [-0.25, -0.2) is 9.78 Å². The zero-order valence-corrected chi connectivity index (χ0v) is 15.9. The molecular weight excluding hydrogens is 334 g/mol. The molecule has 26 heavy (non-hydrogen) atoms. The topological polar surface area (TPSA) is 80.2 Å². The van der Waals surface area contributed by atoms with Gasteiger partial charge < -0.3 is 10.2 Å². The molecule has 0 aromatic heterocycles. The third kappa shape index (κ3) is 3.96. The molecule has 2 saturated heterocycles. The molecule has 3 N–H and O–H groups in total. The Labute approximate surface area is 156 Å². The van der Waals surface area contributed by atoms with E-state index in [2.05, 4.69) is 12.4 Å². The van der Waals surface area contributed by atoms with Crippen molar-refractivity contribution in [2.45, 2.75) is 108 Å². The van der Waals surface area contributed by atoms with E-state index >= 15 is 0 Å². The molecule has 7 unspecified atom stereocenters. The molecule has 0 radical (unpaired) electrons. The average Bonchev–Trinajstić information content (AvgIpc) is 2.69. The third-order valence-corrected chi connectivity index (χ3v) is 7.39. The zero-order valence-electron chi connectivity index (χ0n) is 15.9. The second kappa shape index (κ2) is 8.41. The number of rotatable bonds is 3. The number of nitrogens with one attached hydrogen (secondary N) is 1. The first-order chi connectivity index (χ1) is 12.7. The highest BCUT2D eigenvalue weighted by atomic mass is 17.2. The van der Waals surface area contributed by atoms with Crippen LogP contribution in [0.25, 0.3) is 0 Å². The van der Waals surface area contributed by atoms with Crippen LogP contribution in [-0.2, 0) is 14.6 Å². The number of aliphatic hydroxyl groups excluding tert-OH is 2. The van der Waals surface area contributed by atoms with Crippen LogP contribution < -0.4 is 5.48 Å². The summed E-state index contributed by atoms with van der Waals surface area (Å²) < 4.78 is 0. The predicted molar refractivity (Wildman–Crippen MR) is 95.9 cm³/mol. The summed E-state index contributed by atoms with van der Waals surface area (Å²) in [6, 6.07) is 0.376. The first-order valence-corrected chi connectivity index (χ1v) is 10.7. The number of aliphatic hydroxyl groups is 2. The maximum Gasteiger partial charge on any atom is 0.121 e. The molecule has 0 amide bonds. The van der Waals surface area contributed by atoms with Gasteiger partial charge in [-0.3, -0.25) is 4.84 Å². The summed E-state index contributed by atoms with van der Waals surface area (Å²) in [5.74, 6) is 1.24. The lowest BCUT2D eigenvalue weighted by atomic mass is 9.72. The summed E-state index contributed by atoms with van der Waals surface area (Å²) >= 11 is 0. The quantitative estimate of drug-likeness (QED) is 0.663. The Balaban J connectivity index is 1.28. The molecule has 0 aromatic rings. The third-order valence-electron chi connectivity index (χ3n) is 7.39. The van der Waals surface area contributed by atoms with E-state index in [4.69, 9.17) is 14.6 Å². The molecule has 150 valence electrons. The Hall–Kier alpha value is -0.240. The standard InChI is InChI=1S/C20H35NO5/c1-2-12-5-9-17(23)15-11-19(25-26-20(12)15)18-10-8-16(21-24-18)13-3-6-14(22)7-4-13/h12-23H,2-11H2,1H3. The van der Waals surface area contributed by atoms with Crippen molar-refractivity contribution >= 4 is 0 Å². The van der Waals surface area contributed by atoms with Crippen LogP contribution in [0, 0.1) is 17.8 Å². The van der Waals surface area contributed by atoms with E-state index in [0.717, 1.165) is 64.2 Å². The van der Waals surface area contributed by atoms with Crippen molar-refractivity contribution in [2.75, 3.05) is 0 Å². The molecule has 2 heterocycles. The molecule has 4 rings (SSSR count). The van der Waals surface area contributed by atoms with E-state index < -0.39 is 0 Å². The minimum absolute atomic E-state index is 0.0180. The Morgan fingerprint density at radius 2 is 1.69 bits per heavy atom. The molecule has 6 heteroatoms. The lowest BCUT2D eigenvalue weighted by Gasteiger charge is -2.47. The Bertz CT molecular complexity index is 447. The summed E-state index contributed by atoms with van der Waals surface area (Å²) in [7, 11) is 0. The number of hydroxylamine groups is 1. The van der Waals surface area contributed by atoms with Crippen LogP contribution in [0.4, 0.5) is 0 Å². The van der Waals surface area contributed by atoms with E-state index in [0.29, 0.717) is 17.9 Å². The van der Waals surface area contributed by atoms with Gasteiger partial charge >= 0.3 is 0 Å². The van der Waals surface area contributed by atoms with Crippen LogP contribution in [0.1, 0.15) is 71.1 Å². The van der Waals surface area contributed by atoms with Crippen LogP contribution in [0.5, 0.6) is 0 Å². The van der Waals surface area contributed by atoms with Crippen molar-refractivity contribution < 1.29 is 24.8 Å². The first kappa shape index (κ1) is 19.1. The van der Waals surface area contributed by atoms with Gasteiger partial charge in [0.15, 0.2) is 0 Å². The summed E-state index contributed by atoms with van der Waals surface area (Å²) in [6.07, 6.45) is 9.26. The Morgan fingerprint density at radius 3 is 2.38 bits per heavy atom. The van der Waals surface area contributed by atoms with Crippen LogP contribution >= 0.6 is 0 Å². The highest BCUT2D eigenvalue weighted by Crippen LogP contribution is 2.41. The molecule has 2 saturated carbocycles. The van der Waals surface area contributed by atoms with Crippen LogP contribution in [-0.4, -0.2) is 46.8 Å². The summed E-state index contributed by atoms with van der Waals surface area (Å²) in [6.45, 7) is 2.19. The van der Waals surface area contributed by atoms with E-state index in [1.54, 1.807) is 0 Å². The van der Waals surface area contributed by atoms with Gasteiger partial charge in [0.2, 0.25) is 0 Å². The van der Waals surface area contributed by atoms with Crippen molar-refractivity contribution in [3.05, 3.63) is 0 Å². The molecule has 2 aliphatic carbocycles. The fourth-order valence-electron chi connectivity index (χ4n) is 5.60. The minimum Gasteiger partial charge on any atom is -0.393 e. The van der Waals surface area contributed by atoms with Gasteiger partial charge in [-0.1, -0.05) is 13.3 Å². The van der Waals surface area contributed by atoms with E-state index in [9.17, 15) is 10.2 Å². The van der Waals surface area contributed by atoms with E-state index in [-0.39, 0.29) is 36.4 Å². The molecule has 0 aromatic carbocycles. The van der Waals surface area contributed by atoms with Crippen LogP contribution in [0.2, 0.25) is 0 Å². The predicted octanol–water partition coefficient (Wildman–Crippen LogP) is 2.48. The van der Waals surface area contributed by atoms with Gasteiger partial charge in [-0.2, -0.15) is 5.48 Å². The largest absolute Gasteiger partial charge is 0.393 e. The van der Waals surface area contributed by atoms with Crippen molar-refractivity contribution in [1.29, 1.82) is 0 Å². The van der Waals surface area contributed by atoms with Gasteiger partial charge in [0.25, 0.3) is 0 Å². The van der Waals surface area contributed by atoms with Gasteiger partial charge in [-0.05, 0) is 69.6 Å². The van der Waals surface area contributed by atoms with Gasteiger partial charge in [-0.15, -0.1) is 0 Å². The summed E-state index contributed by atoms with van der Waals surface area (Å²) in [4.78, 5) is 17.5. The van der Waals surface area contributed by atoms with Crippen molar-refractivity contribution in [1.82, 2.24) is 5.48 Å². The monoisotopic (exact) mass is 369 g/mol. The number of fused-ring (bicyclic) bond motifs is 1. The van der Waals surface area contributed by atoms with Crippen molar-refractivity contribution in [3.8, 4) is 0 Å². The average molecular weight is 370 g/mol. The molecule has 6 nitrogen and oxygen atoms in total. The highest BCUT2D eigenvalue weighted by molar-refractivity contribution is 4.93. The van der Waals surface area contributed by atoms with Crippen LogP contribution in [0.3, 0.4) is 0 Å². The number of hydrogen-bond donors (Lipinski definition) is 3. The maximum absolute atomic E-state index is 10.5. The highest BCUT2D eigenvalue weighted by Gasteiger charge is 2.47. The summed E-state index contributed by atoms with van der Waals surface area (Å²) in [5, 5.41) is 20.1. The fraction of sp³-hybridized carbons (Fsp3) is 1.00. The Morgan fingerprint density at radius 1 is 0.885 bits per heavy atom. The molecule has 0 spiro atoms. The molecule has 7 atom stereocenters. The van der Waals surface area contributed by atoms with Gasteiger partial charge in [0.1, 0.15) is 18.3 Å². The second-order valence-electron chi connectivity index (χ2n) is 8.93. The lowest BCUT2D eigenvalue weighted by molar-refractivity contribution is -0.419. The van der Waals surface area contributed by atoms with Gasteiger partial charge in [0.05, 0.1) is 12.2 Å². The fourth-order valence-corrected chi connectivity index (χ4v) is 5.60. The SMILES string of the molecule is CCC1CCC(O)C2CC(C3CCC(C4CCC(O)CC4)NO3)OOC12. The van der Waals surface area contributed by atoms with Crippen molar-refractivity contribution in [3.63, 3.8) is 0 Å². The van der Waals surface area contributed by atoms with Crippen molar-refractivity contribution in [2.24, 2.45) is 17.8 Å². The molecular formula is C20H35NO5. The van der Waals surface area contributed by atoms with E-state index in [1.807, 2.05) is 0 Å². The molecule has 4 fully saturated rings. The Kier molecular flexibility index (Phi) is 6.18. The molecule has 2 aliphatic heterocycles. The molecule has 0 bridgehead atoms. The lowest BCUT2D eigenvalue weighted by Crippen LogP contribution is -2.54.